The number of hydrogen-bond donors (Lipinski definition) is 1. The minimum atomic E-state index is -0.0534. The van der Waals surface area contributed by atoms with E-state index >= 15 is 0 Å². The van der Waals surface area contributed by atoms with Gasteiger partial charge in [0.1, 0.15) is 5.75 Å². The van der Waals surface area contributed by atoms with Crippen molar-refractivity contribution in [2.45, 2.75) is 26.8 Å². The van der Waals surface area contributed by atoms with Crippen molar-refractivity contribution in [3.05, 3.63) is 23.8 Å². The molecule has 0 bridgehead atoms. The minimum Gasteiger partial charge on any atom is -0.495 e. The van der Waals surface area contributed by atoms with Crippen molar-refractivity contribution in [1.29, 1.82) is 0 Å². The van der Waals surface area contributed by atoms with Crippen LogP contribution in [0.4, 0.5) is 10.5 Å². The number of nitrogens with zero attached hydrogens (tertiary/aromatic N) is 2. The number of nitrogens with one attached hydrogen (secondary N) is 1. The number of ether oxygens (including phenoxy) is 1. The van der Waals surface area contributed by atoms with Gasteiger partial charge in [0.05, 0.1) is 12.8 Å². The van der Waals surface area contributed by atoms with Gasteiger partial charge in [0.15, 0.2) is 0 Å². The molecule has 2 rings (SSSR count). The standard InChI is InChI=1S/C16H25N3O2/c1-12(2)18-7-9-19(10-8-18)16(20)17-14-11-13(3)5-6-15(14)21-4/h5-6,11-12H,7-10H2,1-4H3,(H,17,20). The summed E-state index contributed by atoms with van der Waals surface area (Å²) in [4.78, 5) is 16.6. The largest absolute Gasteiger partial charge is 0.495 e. The fourth-order valence-corrected chi connectivity index (χ4v) is 2.56. The van der Waals surface area contributed by atoms with Crippen molar-refractivity contribution >= 4 is 11.7 Å². The van der Waals surface area contributed by atoms with Crippen LogP contribution >= 0.6 is 0 Å². The Morgan fingerprint density at radius 2 is 1.90 bits per heavy atom. The average Bonchev–Trinajstić information content (AvgIpc) is 2.47. The minimum absolute atomic E-state index is 0.0534. The molecule has 0 radical (unpaired) electrons. The molecule has 1 saturated heterocycles. The number of carbonyl (C=O) groups excluding carboxylic acids is 1. The van der Waals surface area contributed by atoms with Gasteiger partial charge in [0, 0.05) is 32.2 Å². The van der Waals surface area contributed by atoms with E-state index in [1.165, 1.54) is 0 Å². The van der Waals surface area contributed by atoms with E-state index < -0.39 is 0 Å². The van der Waals surface area contributed by atoms with Gasteiger partial charge in [-0.3, -0.25) is 4.90 Å². The second-order valence-corrected chi connectivity index (χ2v) is 5.75. The highest BCUT2D eigenvalue weighted by molar-refractivity contribution is 5.91. The topological polar surface area (TPSA) is 44.8 Å². The van der Waals surface area contributed by atoms with Crippen LogP contribution in [0.5, 0.6) is 5.75 Å². The van der Waals surface area contributed by atoms with Gasteiger partial charge in [-0.25, -0.2) is 4.79 Å². The molecule has 1 aromatic carbocycles. The summed E-state index contributed by atoms with van der Waals surface area (Å²) < 4.78 is 5.30. The first-order valence-electron chi connectivity index (χ1n) is 7.46. The van der Waals surface area contributed by atoms with Crippen molar-refractivity contribution in [3.63, 3.8) is 0 Å². The van der Waals surface area contributed by atoms with E-state index in [1.54, 1.807) is 7.11 Å². The fraction of sp³-hybridized carbons (Fsp3) is 0.562. The van der Waals surface area contributed by atoms with Gasteiger partial charge in [0.2, 0.25) is 0 Å². The van der Waals surface area contributed by atoms with Gasteiger partial charge in [-0.2, -0.15) is 0 Å². The molecule has 5 heteroatoms. The summed E-state index contributed by atoms with van der Waals surface area (Å²) in [6, 6.07) is 6.26. The Labute approximate surface area is 126 Å². The first-order chi connectivity index (χ1) is 10.0. The molecule has 0 aliphatic carbocycles. The SMILES string of the molecule is COc1ccc(C)cc1NC(=O)N1CCN(C(C)C)CC1. The van der Waals surface area contributed by atoms with Crippen LogP contribution in [-0.2, 0) is 0 Å². The maximum absolute atomic E-state index is 12.4. The normalized spacial score (nSPS) is 16.1. The zero-order chi connectivity index (χ0) is 15.4. The Morgan fingerprint density at radius 1 is 1.24 bits per heavy atom. The monoisotopic (exact) mass is 291 g/mol. The zero-order valence-corrected chi connectivity index (χ0v) is 13.3. The molecule has 1 aliphatic heterocycles. The van der Waals surface area contributed by atoms with Gasteiger partial charge >= 0.3 is 6.03 Å². The molecule has 0 spiro atoms. The molecule has 21 heavy (non-hydrogen) atoms. The van der Waals surface area contributed by atoms with Gasteiger partial charge < -0.3 is 15.0 Å². The third kappa shape index (κ3) is 3.88. The zero-order valence-electron chi connectivity index (χ0n) is 13.3. The molecule has 1 N–H and O–H groups in total. The van der Waals surface area contributed by atoms with Crippen LogP contribution in [0.15, 0.2) is 18.2 Å². The number of piperazine rings is 1. The molecule has 0 aromatic heterocycles. The van der Waals surface area contributed by atoms with Crippen LogP contribution in [-0.4, -0.2) is 55.2 Å². The van der Waals surface area contributed by atoms with E-state index in [-0.39, 0.29) is 6.03 Å². The van der Waals surface area contributed by atoms with Gasteiger partial charge in [0.25, 0.3) is 0 Å². The van der Waals surface area contributed by atoms with Crippen LogP contribution in [0.25, 0.3) is 0 Å². The summed E-state index contributed by atoms with van der Waals surface area (Å²) in [5.74, 6) is 0.690. The van der Waals surface area contributed by atoms with E-state index in [1.807, 2.05) is 30.0 Å². The summed E-state index contributed by atoms with van der Waals surface area (Å²) in [6.07, 6.45) is 0. The second kappa shape index (κ2) is 6.80. The summed E-state index contributed by atoms with van der Waals surface area (Å²) in [7, 11) is 1.61. The summed E-state index contributed by atoms with van der Waals surface area (Å²) in [6.45, 7) is 9.75. The smallest absolute Gasteiger partial charge is 0.322 e. The maximum atomic E-state index is 12.4. The van der Waals surface area contributed by atoms with E-state index in [2.05, 4.69) is 24.1 Å². The molecular formula is C16H25N3O2. The first kappa shape index (κ1) is 15.6. The van der Waals surface area contributed by atoms with E-state index in [0.717, 1.165) is 37.4 Å². The predicted molar refractivity (Wildman–Crippen MR) is 85.0 cm³/mol. The second-order valence-electron chi connectivity index (χ2n) is 5.75. The molecule has 116 valence electrons. The highest BCUT2D eigenvalue weighted by Gasteiger charge is 2.22. The Hall–Kier alpha value is -1.75. The highest BCUT2D eigenvalue weighted by Crippen LogP contribution is 2.25. The fourth-order valence-electron chi connectivity index (χ4n) is 2.56. The van der Waals surface area contributed by atoms with Crippen molar-refractivity contribution in [1.82, 2.24) is 9.80 Å². The third-order valence-corrected chi connectivity index (χ3v) is 3.93. The van der Waals surface area contributed by atoms with E-state index in [4.69, 9.17) is 4.74 Å². The Morgan fingerprint density at radius 3 is 2.48 bits per heavy atom. The first-order valence-corrected chi connectivity index (χ1v) is 7.46. The molecule has 1 aliphatic rings. The molecule has 0 atom stereocenters. The van der Waals surface area contributed by atoms with E-state index in [0.29, 0.717) is 11.8 Å². The van der Waals surface area contributed by atoms with Crippen LogP contribution in [0, 0.1) is 6.92 Å². The van der Waals surface area contributed by atoms with Crippen LogP contribution in [0.2, 0.25) is 0 Å². The van der Waals surface area contributed by atoms with Gasteiger partial charge in [-0.05, 0) is 38.5 Å². The molecule has 1 heterocycles. The van der Waals surface area contributed by atoms with Gasteiger partial charge in [-0.15, -0.1) is 0 Å². The lowest BCUT2D eigenvalue weighted by Crippen LogP contribution is -2.51. The number of methoxy groups -OCH3 is 1. The predicted octanol–water partition coefficient (Wildman–Crippen LogP) is 2.56. The lowest BCUT2D eigenvalue weighted by Gasteiger charge is -2.36. The quantitative estimate of drug-likeness (QED) is 0.931. The summed E-state index contributed by atoms with van der Waals surface area (Å²) >= 11 is 0. The van der Waals surface area contributed by atoms with Crippen molar-refractivity contribution < 1.29 is 9.53 Å². The number of carbonyl (C=O) groups is 1. The molecule has 1 aromatic rings. The Balaban J connectivity index is 1.98. The Bertz CT molecular complexity index is 494. The molecule has 2 amide bonds. The number of benzene rings is 1. The average molecular weight is 291 g/mol. The van der Waals surface area contributed by atoms with E-state index in [9.17, 15) is 4.79 Å². The molecule has 0 saturated carbocycles. The summed E-state index contributed by atoms with van der Waals surface area (Å²) in [5, 5.41) is 2.96. The number of aryl methyl sites for hydroxylation is 1. The third-order valence-electron chi connectivity index (χ3n) is 3.93. The molecule has 1 fully saturated rings. The summed E-state index contributed by atoms with van der Waals surface area (Å²) in [5.41, 5.74) is 1.82. The lowest BCUT2D eigenvalue weighted by atomic mass is 10.2. The van der Waals surface area contributed by atoms with Gasteiger partial charge in [-0.1, -0.05) is 6.07 Å². The number of rotatable bonds is 3. The van der Waals surface area contributed by atoms with Crippen LogP contribution < -0.4 is 10.1 Å². The molecule has 0 unspecified atom stereocenters. The maximum Gasteiger partial charge on any atom is 0.322 e. The number of amides is 2. The van der Waals surface area contributed by atoms with Crippen LogP contribution in [0.1, 0.15) is 19.4 Å². The van der Waals surface area contributed by atoms with Crippen molar-refractivity contribution in [3.8, 4) is 5.75 Å². The molecule has 5 nitrogen and oxygen atoms in total. The number of anilines is 1. The highest BCUT2D eigenvalue weighted by atomic mass is 16.5. The van der Waals surface area contributed by atoms with Crippen molar-refractivity contribution in [2.24, 2.45) is 0 Å². The number of urea groups is 1. The van der Waals surface area contributed by atoms with Crippen molar-refractivity contribution in [2.75, 3.05) is 38.6 Å². The molecular weight excluding hydrogens is 266 g/mol. The lowest BCUT2D eigenvalue weighted by molar-refractivity contribution is 0.125. The van der Waals surface area contributed by atoms with Crippen LogP contribution in [0.3, 0.4) is 0 Å². The Kier molecular flexibility index (Phi) is 5.07. The number of hydrogen-bond acceptors (Lipinski definition) is 3.